The standard InChI is InChI=1S/C14H11FN4OS/c1-18-11(6-7-16-18)8-12-13(20)19(14(21)17-12)10-4-2-9(15)3-5-10/h2-8H,1H3,(H,17,21)/b12-8+. The number of halogens is 1. The number of rotatable bonds is 2. The molecule has 1 fully saturated rings. The summed E-state index contributed by atoms with van der Waals surface area (Å²) in [4.78, 5) is 13.8. The summed E-state index contributed by atoms with van der Waals surface area (Å²) in [6.45, 7) is 0. The Labute approximate surface area is 125 Å². The van der Waals surface area contributed by atoms with Gasteiger partial charge in [0.2, 0.25) is 0 Å². The fourth-order valence-electron chi connectivity index (χ4n) is 2.03. The van der Waals surface area contributed by atoms with Crippen LogP contribution >= 0.6 is 12.2 Å². The molecule has 0 unspecified atom stereocenters. The third-order valence-electron chi connectivity index (χ3n) is 3.11. The molecule has 0 spiro atoms. The molecule has 2 aromatic rings. The van der Waals surface area contributed by atoms with Crippen LogP contribution in [0.2, 0.25) is 0 Å². The molecule has 1 aliphatic heterocycles. The van der Waals surface area contributed by atoms with Gasteiger partial charge in [0, 0.05) is 13.2 Å². The van der Waals surface area contributed by atoms with Gasteiger partial charge in [0.1, 0.15) is 11.5 Å². The van der Waals surface area contributed by atoms with Crippen molar-refractivity contribution in [3.63, 3.8) is 0 Å². The molecule has 106 valence electrons. The zero-order valence-electron chi connectivity index (χ0n) is 11.1. The van der Waals surface area contributed by atoms with Crippen molar-refractivity contribution in [2.75, 3.05) is 4.90 Å². The second-order valence-electron chi connectivity index (χ2n) is 4.48. The molecule has 1 saturated heterocycles. The van der Waals surface area contributed by atoms with E-state index < -0.39 is 0 Å². The summed E-state index contributed by atoms with van der Waals surface area (Å²) < 4.78 is 14.6. The van der Waals surface area contributed by atoms with Crippen LogP contribution < -0.4 is 10.2 Å². The largest absolute Gasteiger partial charge is 0.327 e. The lowest BCUT2D eigenvalue weighted by molar-refractivity contribution is -0.113. The molecule has 7 heteroatoms. The van der Waals surface area contributed by atoms with E-state index in [1.54, 1.807) is 30.1 Å². The Balaban J connectivity index is 1.94. The number of hydrogen-bond donors (Lipinski definition) is 1. The summed E-state index contributed by atoms with van der Waals surface area (Å²) in [6, 6.07) is 7.37. The van der Waals surface area contributed by atoms with Crippen molar-refractivity contribution in [2.24, 2.45) is 7.05 Å². The molecule has 1 aromatic carbocycles. The number of nitrogens with zero attached hydrogens (tertiary/aromatic N) is 3. The molecule has 1 aromatic heterocycles. The van der Waals surface area contributed by atoms with E-state index in [0.29, 0.717) is 11.4 Å². The van der Waals surface area contributed by atoms with E-state index in [0.717, 1.165) is 5.69 Å². The van der Waals surface area contributed by atoms with Crippen LogP contribution in [0.25, 0.3) is 6.08 Å². The number of thiocarbonyl (C=S) groups is 1. The number of anilines is 1. The number of carbonyl (C=O) groups is 1. The van der Waals surface area contributed by atoms with Crippen molar-refractivity contribution in [2.45, 2.75) is 0 Å². The first-order valence-corrected chi connectivity index (χ1v) is 6.58. The van der Waals surface area contributed by atoms with E-state index >= 15 is 0 Å². The summed E-state index contributed by atoms with van der Waals surface area (Å²) in [5.41, 5.74) is 1.65. The Hall–Kier alpha value is -2.54. The van der Waals surface area contributed by atoms with Crippen LogP contribution in [0, 0.1) is 5.82 Å². The average molecular weight is 302 g/mol. The highest BCUT2D eigenvalue weighted by atomic mass is 32.1. The highest BCUT2D eigenvalue weighted by molar-refractivity contribution is 7.80. The van der Waals surface area contributed by atoms with Crippen molar-refractivity contribution in [1.82, 2.24) is 15.1 Å². The minimum atomic E-state index is -0.366. The lowest BCUT2D eigenvalue weighted by Gasteiger charge is -2.13. The van der Waals surface area contributed by atoms with Gasteiger partial charge < -0.3 is 5.32 Å². The maximum Gasteiger partial charge on any atom is 0.281 e. The van der Waals surface area contributed by atoms with Crippen molar-refractivity contribution in [1.29, 1.82) is 0 Å². The Bertz CT molecular complexity index is 751. The normalized spacial score (nSPS) is 16.7. The van der Waals surface area contributed by atoms with Gasteiger partial charge in [0.25, 0.3) is 5.91 Å². The molecule has 21 heavy (non-hydrogen) atoms. The van der Waals surface area contributed by atoms with Crippen LogP contribution in [0.4, 0.5) is 10.1 Å². The van der Waals surface area contributed by atoms with Crippen LogP contribution in [-0.4, -0.2) is 20.8 Å². The first-order chi connectivity index (χ1) is 10.1. The van der Waals surface area contributed by atoms with E-state index in [9.17, 15) is 9.18 Å². The fourth-order valence-corrected chi connectivity index (χ4v) is 2.33. The van der Waals surface area contributed by atoms with Crippen LogP contribution in [0.3, 0.4) is 0 Å². The average Bonchev–Trinajstić information content (AvgIpc) is 2.97. The number of nitrogens with one attached hydrogen (secondary N) is 1. The van der Waals surface area contributed by atoms with Gasteiger partial charge in [-0.2, -0.15) is 5.10 Å². The predicted octanol–water partition coefficient (Wildman–Crippen LogP) is 1.82. The Morgan fingerprint density at radius 1 is 1.29 bits per heavy atom. The minimum absolute atomic E-state index is 0.264. The van der Waals surface area contributed by atoms with Gasteiger partial charge >= 0.3 is 0 Å². The molecule has 0 bridgehead atoms. The van der Waals surface area contributed by atoms with Crippen LogP contribution in [0.5, 0.6) is 0 Å². The maximum atomic E-state index is 13.0. The Kier molecular flexibility index (Phi) is 3.26. The first-order valence-electron chi connectivity index (χ1n) is 6.17. The number of aryl methyl sites for hydroxylation is 1. The number of benzene rings is 1. The second-order valence-corrected chi connectivity index (χ2v) is 4.87. The quantitative estimate of drug-likeness (QED) is 0.679. The zero-order valence-corrected chi connectivity index (χ0v) is 11.9. The highest BCUT2D eigenvalue weighted by Gasteiger charge is 2.32. The third kappa shape index (κ3) is 2.43. The molecule has 2 heterocycles. The van der Waals surface area contributed by atoms with E-state index in [4.69, 9.17) is 12.2 Å². The van der Waals surface area contributed by atoms with Crippen LogP contribution in [0.15, 0.2) is 42.2 Å². The molecular formula is C14H11FN4OS. The van der Waals surface area contributed by atoms with Gasteiger partial charge in [-0.05, 0) is 48.6 Å². The molecule has 1 aliphatic rings. The number of amides is 1. The zero-order chi connectivity index (χ0) is 15.0. The summed E-state index contributed by atoms with van der Waals surface area (Å²) in [7, 11) is 1.78. The number of carbonyl (C=O) groups excluding carboxylic acids is 1. The van der Waals surface area contributed by atoms with Crippen molar-refractivity contribution >= 4 is 35.0 Å². The van der Waals surface area contributed by atoms with Gasteiger partial charge in [0.15, 0.2) is 5.11 Å². The van der Waals surface area contributed by atoms with Gasteiger partial charge in [-0.1, -0.05) is 0 Å². The smallest absolute Gasteiger partial charge is 0.281 e. The summed E-state index contributed by atoms with van der Waals surface area (Å²) in [6.07, 6.45) is 3.31. The number of aromatic nitrogens is 2. The predicted molar refractivity (Wildman–Crippen MR) is 80.8 cm³/mol. The monoisotopic (exact) mass is 302 g/mol. The van der Waals surface area contributed by atoms with Crippen LogP contribution in [-0.2, 0) is 11.8 Å². The van der Waals surface area contributed by atoms with Gasteiger partial charge in [-0.3, -0.25) is 14.4 Å². The second kappa shape index (κ2) is 5.10. The summed E-state index contributed by atoms with van der Waals surface area (Å²) in [5, 5.41) is 7.16. The van der Waals surface area contributed by atoms with Crippen molar-refractivity contribution in [3.05, 3.63) is 53.7 Å². The molecule has 0 radical (unpaired) electrons. The molecule has 0 aliphatic carbocycles. The third-order valence-corrected chi connectivity index (χ3v) is 3.40. The minimum Gasteiger partial charge on any atom is -0.327 e. The van der Waals surface area contributed by atoms with Gasteiger partial charge in [0.05, 0.1) is 11.4 Å². The SMILES string of the molecule is Cn1nccc1/C=C1/NC(=S)N(c2ccc(F)cc2)C1=O. The molecular weight excluding hydrogens is 291 g/mol. The highest BCUT2D eigenvalue weighted by Crippen LogP contribution is 2.22. The molecule has 0 atom stereocenters. The summed E-state index contributed by atoms with van der Waals surface area (Å²) in [5.74, 6) is -0.650. The molecule has 1 N–H and O–H groups in total. The van der Waals surface area contributed by atoms with E-state index in [-0.39, 0.29) is 16.8 Å². The Morgan fingerprint density at radius 3 is 2.62 bits per heavy atom. The Morgan fingerprint density at radius 2 is 2.00 bits per heavy atom. The van der Waals surface area contributed by atoms with E-state index in [1.807, 2.05) is 0 Å². The van der Waals surface area contributed by atoms with Crippen LogP contribution in [0.1, 0.15) is 5.69 Å². The van der Waals surface area contributed by atoms with Gasteiger partial charge in [-0.15, -0.1) is 0 Å². The summed E-state index contributed by atoms with van der Waals surface area (Å²) >= 11 is 5.17. The lowest BCUT2D eigenvalue weighted by Crippen LogP contribution is -2.30. The molecule has 5 nitrogen and oxygen atoms in total. The van der Waals surface area contributed by atoms with Gasteiger partial charge in [-0.25, -0.2) is 4.39 Å². The fraction of sp³-hybridized carbons (Fsp3) is 0.0714. The van der Waals surface area contributed by atoms with Crippen molar-refractivity contribution < 1.29 is 9.18 Å². The van der Waals surface area contributed by atoms with Crippen molar-refractivity contribution in [3.8, 4) is 0 Å². The molecule has 0 saturated carbocycles. The topological polar surface area (TPSA) is 50.2 Å². The lowest BCUT2D eigenvalue weighted by atomic mass is 10.2. The van der Waals surface area contributed by atoms with E-state index in [2.05, 4.69) is 10.4 Å². The molecule has 3 rings (SSSR count). The van der Waals surface area contributed by atoms with E-state index in [1.165, 1.54) is 29.2 Å². The molecule has 1 amide bonds. The first kappa shape index (κ1) is 13.4. The number of hydrogen-bond acceptors (Lipinski definition) is 3. The maximum absolute atomic E-state index is 13.0.